The molecule has 18 heavy (non-hydrogen) atoms. The fraction of sp³-hybridized carbons (Fsp3) is 0.571. The fourth-order valence-electron chi connectivity index (χ4n) is 1.56. The number of ether oxygens (including phenoxy) is 1. The van der Waals surface area contributed by atoms with Crippen molar-refractivity contribution in [1.82, 2.24) is 5.32 Å². The summed E-state index contributed by atoms with van der Waals surface area (Å²) in [7, 11) is 0. The van der Waals surface area contributed by atoms with Crippen LogP contribution in [0.5, 0.6) is 5.75 Å². The molecule has 0 aliphatic carbocycles. The third-order valence-corrected chi connectivity index (χ3v) is 2.95. The molecule has 0 heterocycles. The van der Waals surface area contributed by atoms with Crippen LogP contribution >= 0.6 is 23.2 Å². The van der Waals surface area contributed by atoms with E-state index in [0.29, 0.717) is 28.3 Å². The second-order valence-electron chi connectivity index (χ2n) is 4.76. The van der Waals surface area contributed by atoms with Gasteiger partial charge in [-0.2, -0.15) is 0 Å². The molecule has 1 aromatic rings. The molecule has 0 aromatic heterocycles. The molecule has 0 radical (unpaired) electrons. The third-order valence-electron chi connectivity index (χ3n) is 2.39. The van der Waals surface area contributed by atoms with Crippen molar-refractivity contribution < 1.29 is 4.74 Å². The predicted molar refractivity (Wildman–Crippen MR) is 78.8 cm³/mol. The lowest BCUT2D eigenvalue weighted by atomic mass is 10.2. The van der Waals surface area contributed by atoms with Crippen molar-refractivity contribution in [3.8, 4) is 5.75 Å². The topological polar surface area (TPSA) is 21.3 Å². The zero-order chi connectivity index (χ0) is 13.5. The SMILES string of the molecule is CCCOc1c(Cl)cc(CNCC(C)C)cc1Cl. The standard InChI is InChI=1S/C14H21Cl2NO/c1-4-5-18-14-12(15)6-11(7-13(14)16)9-17-8-10(2)3/h6-7,10,17H,4-5,8-9H2,1-3H3. The van der Waals surface area contributed by atoms with E-state index in [1.165, 1.54) is 0 Å². The monoisotopic (exact) mass is 289 g/mol. The first-order chi connectivity index (χ1) is 8.54. The van der Waals surface area contributed by atoms with Gasteiger partial charge in [0.15, 0.2) is 5.75 Å². The maximum Gasteiger partial charge on any atom is 0.156 e. The van der Waals surface area contributed by atoms with Gasteiger partial charge in [0.2, 0.25) is 0 Å². The Morgan fingerprint density at radius 2 is 1.83 bits per heavy atom. The van der Waals surface area contributed by atoms with Crippen molar-refractivity contribution in [3.05, 3.63) is 27.7 Å². The molecule has 0 bridgehead atoms. The summed E-state index contributed by atoms with van der Waals surface area (Å²) in [5.74, 6) is 1.22. The summed E-state index contributed by atoms with van der Waals surface area (Å²) in [6.45, 7) is 8.77. The van der Waals surface area contributed by atoms with Crippen molar-refractivity contribution in [3.63, 3.8) is 0 Å². The summed E-state index contributed by atoms with van der Waals surface area (Å²) in [6.07, 6.45) is 0.935. The van der Waals surface area contributed by atoms with E-state index >= 15 is 0 Å². The predicted octanol–water partition coefficient (Wildman–Crippen LogP) is 4.53. The minimum Gasteiger partial charge on any atom is -0.490 e. The highest BCUT2D eigenvalue weighted by atomic mass is 35.5. The quantitative estimate of drug-likeness (QED) is 0.796. The smallest absolute Gasteiger partial charge is 0.156 e. The maximum atomic E-state index is 6.17. The van der Waals surface area contributed by atoms with Crippen LogP contribution < -0.4 is 10.1 Å². The highest BCUT2D eigenvalue weighted by Gasteiger charge is 2.09. The van der Waals surface area contributed by atoms with Gasteiger partial charge in [0.1, 0.15) is 0 Å². The summed E-state index contributed by atoms with van der Waals surface area (Å²) in [5, 5.41) is 4.52. The molecule has 0 saturated heterocycles. The Hall–Kier alpha value is -0.440. The van der Waals surface area contributed by atoms with E-state index in [-0.39, 0.29) is 0 Å². The van der Waals surface area contributed by atoms with Crippen LogP contribution in [0.15, 0.2) is 12.1 Å². The van der Waals surface area contributed by atoms with Crippen molar-refractivity contribution in [1.29, 1.82) is 0 Å². The lowest BCUT2D eigenvalue weighted by molar-refractivity contribution is 0.317. The van der Waals surface area contributed by atoms with Gasteiger partial charge in [0, 0.05) is 6.54 Å². The molecular weight excluding hydrogens is 269 g/mol. The number of rotatable bonds is 7. The molecule has 0 amide bonds. The Bertz CT molecular complexity index is 357. The minimum absolute atomic E-state index is 0.581. The van der Waals surface area contributed by atoms with Gasteiger partial charge in [0.25, 0.3) is 0 Å². The molecule has 0 aliphatic heterocycles. The first kappa shape index (κ1) is 15.6. The van der Waals surface area contributed by atoms with Crippen LogP contribution in [0.3, 0.4) is 0 Å². The van der Waals surface area contributed by atoms with E-state index in [9.17, 15) is 0 Å². The van der Waals surface area contributed by atoms with Crippen LogP contribution in [-0.4, -0.2) is 13.2 Å². The molecule has 0 aliphatic rings. The Morgan fingerprint density at radius 1 is 1.22 bits per heavy atom. The highest BCUT2D eigenvalue weighted by molar-refractivity contribution is 6.37. The Labute approximate surface area is 120 Å². The van der Waals surface area contributed by atoms with Gasteiger partial charge in [-0.1, -0.05) is 44.0 Å². The van der Waals surface area contributed by atoms with Crippen LogP contribution in [0, 0.1) is 5.92 Å². The first-order valence-electron chi connectivity index (χ1n) is 6.36. The van der Waals surface area contributed by atoms with E-state index in [1.807, 2.05) is 19.1 Å². The third kappa shape index (κ3) is 5.05. The summed E-state index contributed by atoms with van der Waals surface area (Å²) in [5.41, 5.74) is 1.08. The van der Waals surface area contributed by atoms with Crippen LogP contribution in [0.25, 0.3) is 0 Å². The highest BCUT2D eigenvalue weighted by Crippen LogP contribution is 2.34. The van der Waals surface area contributed by atoms with Gasteiger partial charge in [-0.3, -0.25) is 0 Å². The van der Waals surface area contributed by atoms with Crippen LogP contribution in [-0.2, 0) is 6.54 Å². The Kier molecular flexibility index (Phi) is 6.83. The lowest BCUT2D eigenvalue weighted by Gasteiger charge is -2.12. The molecule has 0 saturated carbocycles. The molecule has 0 unspecified atom stereocenters. The van der Waals surface area contributed by atoms with E-state index in [1.54, 1.807) is 0 Å². The molecule has 2 nitrogen and oxygen atoms in total. The van der Waals surface area contributed by atoms with Crippen molar-refractivity contribution in [2.45, 2.75) is 33.7 Å². The fourth-order valence-corrected chi connectivity index (χ4v) is 2.20. The van der Waals surface area contributed by atoms with E-state index in [4.69, 9.17) is 27.9 Å². The average molecular weight is 290 g/mol. The Balaban J connectivity index is 2.67. The summed E-state index contributed by atoms with van der Waals surface area (Å²) in [4.78, 5) is 0. The second kappa shape index (κ2) is 7.88. The van der Waals surface area contributed by atoms with Crippen molar-refractivity contribution in [2.24, 2.45) is 5.92 Å². The van der Waals surface area contributed by atoms with Crippen molar-refractivity contribution in [2.75, 3.05) is 13.2 Å². The van der Waals surface area contributed by atoms with E-state index < -0.39 is 0 Å². The van der Waals surface area contributed by atoms with Gasteiger partial charge in [0.05, 0.1) is 16.7 Å². The normalized spacial score (nSPS) is 11.0. The number of halogens is 2. The van der Waals surface area contributed by atoms with Gasteiger partial charge >= 0.3 is 0 Å². The molecule has 1 aromatic carbocycles. The molecule has 0 spiro atoms. The van der Waals surface area contributed by atoms with Gasteiger partial charge in [-0.15, -0.1) is 0 Å². The maximum absolute atomic E-state index is 6.17. The lowest BCUT2D eigenvalue weighted by Crippen LogP contribution is -2.18. The number of hydrogen-bond donors (Lipinski definition) is 1. The molecule has 102 valence electrons. The summed E-state index contributed by atoms with van der Waals surface area (Å²) in [6, 6.07) is 3.82. The van der Waals surface area contributed by atoms with Gasteiger partial charge in [-0.05, 0) is 36.6 Å². The zero-order valence-electron chi connectivity index (χ0n) is 11.2. The molecule has 0 fully saturated rings. The molecular formula is C14H21Cl2NO. The van der Waals surface area contributed by atoms with Crippen LogP contribution in [0.2, 0.25) is 10.0 Å². The van der Waals surface area contributed by atoms with Gasteiger partial charge < -0.3 is 10.1 Å². The zero-order valence-corrected chi connectivity index (χ0v) is 12.7. The van der Waals surface area contributed by atoms with Crippen LogP contribution in [0.1, 0.15) is 32.8 Å². The number of hydrogen-bond acceptors (Lipinski definition) is 2. The largest absolute Gasteiger partial charge is 0.490 e. The Morgan fingerprint density at radius 3 is 2.33 bits per heavy atom. The number of nitrogens with one attached hydrogen (secondary N) is 1. The first-order valence-corrected chi connectivity index (χ1v) is 7.11. The van der Waals surface area contributed by atoms with Crippen LogP contribution in [0.4, 0.5) is 0 Å². The van der Waals surface area contributed by atoms with Crippen molar-refractivity contribution >= 4 is 23.2 Å². The molecule has 1 N–H and O–H groups in total. The van der Waals surface area contributed by atoms with E-state index in [0.717, 1.165) is 25.1 Å². The molecule has 1 rings (SSSR count). The second-order valence-corrected chi connectivity index (χ2v) is 5.58. The molecule has 4 heteroatoms. The number of benzene rings is 1. The van der Waals surface area contributed by atoms with E-state index in [2.05, 4.69) is 19.2 Å². The molecule has 0 atom stereocenters. The summed E-state index contributed by atoms with van der Waals surface area (Å²) >= 11 is 12.3. The summed E-state index contributed by atoms with van der Waals surface area (Å²) < 4.78 is 5.53. The minimum atomic E-state index is 0.581. The average Bonchev–Trinajstić information content (AvgIpc) is 2.27. The van der Waals surface area contributed by atoms with Gasteiger partial charge in [-0.25, -0.2) is 0 Å².